The molecule has 0 atom stereocenters. The molecule has 0 aliphatic carbocycles. The van der Waals surface area contributed by atoms with Crippen LogP contribution < -0.4 is 5.73 Å². The Hall–Kier alpha value is -2.28. The van der Waals surface area contributed by atoms with Gasteiger partial charge < -0.3 is 15.6 Å². The Morgan fingerprint density at radius 1 is 1.07 bits per heavy atom. The lowest BCUT2D eigenvalue weighted by molar-refractivity contribution is 0.148. The zero-order chi connectivity index (χ0) is 18.6. The molecule has 2 aromatic heterocycles. The summed E-state index contributed by atoms with van der Waals surface area (Å²) in [7, 11) is 2.19. The molecule has 1 aliphatic rings. The number of nitrogens with two attached hydrogens (primary N) is 1. The molecule has 0 amide bonds. The highest BCUT2D eigenvalue weighted by Crippen LogP contribution is 2.25. The van der Waals surface area contributed by atoms with E-state index < -0.39 is 0 Å². The van der Waals surface area contributed by atoms with Gasteiger partial charge in [0.2, 0.25) is 0 Å². The Bertz CT molecular complexity index is 877. The Balaban J connectivity index is 1.50. The molecule has 1 aromatic carbocycles. The number of fused-ring (bicyclic) bond motifs is 1. The first kappa shape index (κ1) is 18.1. The number of nitrogens with zero attached hydrogens (tertiary/aromatic N) is 4. The molecule has 6 heteroatoms. The molecule has 142 valence electrons. The smallest absolute Gasteiger partial charge is 0.141 e. The normalized spacial score (nSPS) is 16.2. The summed E-state index contributed by atoms with van der Waals surface area (Å²) in [5.41, 5.74) is 11.2. The predicted octanol–water partition coefficient (Wildman–Crippen LogP) is 2.26. The lowest BCUT2D eigenvalue weighted by atomic mass is 10.1. The Morgan fingerprint density at radius 2 is 1.85 bits per heavy atom. The van der Waals surface area contributed by atoms with Crippen molar-refractivity contribution in [3.8, 4) is 11.3 Å². The molecule has 6 nitrogen and oxygen atoms in total. The van der Waals surface area contributed by atoms with Crippen LogP contribution in [0.5, 0.6) is 0 Å². The highest BCUT2D eigenvalue weighted by molar-refractivity contribution is 5.84. The van der Waals surface area contributed by atoms with Gasteiger partial charge in [-0.25, -0.2) is 9.97 Å². The number of benzene rings is 1. The molecule has 0 spiro atoms. The van der Waals surface area contributed by atoms with Crippen molar-refractivity contribution in [3.05, 3.63) is 47.9 Å². The second kappa shape index (κ2) is 8.17. The maximum Gasteiger partial charge on any atom is 0.141 e. The van der Waals surface area contributed by atoms with Crippen molar-refractivity contribution in [2.45, 2.75) is 19.4 Å². The quantitative estimate of drug-likeness (QED) is 0.702. The monoisotopic (exact) mass is 364 g/mol. The van der Waals surface area contributed by atoms with Crippen LogP contribution in [0.1, 0.15) is 17.7 Å². The first-order chi connectivity index (χ1) is 13.2. The van der Waals surface area contributed by atoms with Crippen LogP contribution in [0.3, 0.4) is 0 Å². The van der Waals surface area contributed by atoms with Crippen LogP contribution >= 0.6 is 0 Å². The Labute approximate surface area is 160 Å². The topological polar surface area (TPSA) is 74.1 Å². The van der Waals surface area contributed by atoms with Crippen LogP contribution in [0.4, 0.5) is 0 Å². The van der Waals surface area contributed by atoms with Gasteiger partial charge in [-0.3, -0.25) is 4.90 Å². The van der Waals surface area contributed by atoms with Gasteiger partial charge in [-0.05, 0) is 43.6 Å². The SMILES string of the molecule is CN1CCN(Cc2ccc(-c3cc4c(CCCN)ncnc4[nH]3)cc2)CC1. The van der Waals surface area contributed by atoms with Gasteiger partial charge in [-0.15, -0.1) is 0 Å². The van der Waals surface area contributed by atoms with Crippen molar-refractivity contribution < 1.29 is 0 Å². The summed E-state index contributed by atoms with van der Waals surface area (Å²) >= 11 is 0. The first-order valence-electron chi connectivity index (χ1n) is 9.76. The third-order valence-corrected chi connectivity index (χ3v) is 5.39. The average molecular weight is 364 g/mol. The van der Waals surface area contributed by atoms with Crippen LogP contribution in [-0.2, 0) is 13.0 Å². The fourth-order valence-corrected chi connectivity index (χ4v) is 3.67. The molecule has 1 saturated heterocycles. The minimum Gasteiger partial charge on any atom is -0.339 e. The third-order valence-electron chi connectivity index (χ3n) is 5.39. The van der Waals surface area contributed by atoms with Gasteiger partial charge in [0.15, 0.2) is 0 Å². The van der Waals surface area contributed by atoms with Crippen LogP contribution in [0.25, 0.3) is 22.3 Å². The number of aromatic nitrogens is 3. The number of likely N-dealkylation sites (N-methyl/N-ethyl adjacent to an activating group) is 1. The second-order valence-corrected chi connectivity index (χ2v) is 7.43. The van der Waals surface area contributed by atoms with Gasteiger partial charge in [-0.1, -0.05) is 24.3 Å². The number of hydrogen-bond donors (Lipinski definition) is 2. The van der Waals surface area contributed by atoms with Gasteiger partial charge in [0.05, 0.1) is 5.69 Å². The third kappa shape index (κ3) is 4.18. The molecule has 0 bridgehead atoms. The first-order valence-corrected chi connectivity index (χ1v) is 9.76. The van der Waals surface area contributed by atoms with E-state index in [1.54, 1.807) is 6.33 Å². The highest BCUT2D eigenvalue weighted by atomic mass is 15.2. The van der Waals surface area contributed by atoms with Gasteiger partial charge in [0.1, 0.15) is 12.0 Å². The fourth-order valence-electron chi connectivity index (χ4n) is 3.67. The number of piperazine rings is 1. The van der Waals surface area contributed by atoms with Crippen molar-refractivity contribution in [1.82, 2.24) is 24.8 Å². The molecule has 0 saturated carbocycles. The number of H-pyrrole nitrogens is 1. The van der Waals surface area contributed by atoms with E-state index in [1.807, 2.05) is 0 Å². The lowest BCUT2D eigenvalue weighted by Crippen LogP contribution is -2.43. The number of aryl methyl sites for hydroxylation is 1. The number of rotatable bonds is 6. The summed E-state index contributed by atoms with van der Waals surface area (Å²) in [6.07, 6.45) is 3.46. The molecular formula is C21H28N6. The predicted molar refractivity (Wildman–Crippen MR) is 109 cm³/mol. The molecule has 1 fully saturated rings. The summed E-state index contributed by atoms with van der Waals surface area (Å²) in [6, 6.07) is 11.0. The maximum atomic E-state index is 5.65. The van der Waals surface area contributed by atoms with Crippen molar-refractivity contribution in [3.63, 3.8) is 0 Å². The van der Waals surface area contributed by atoms with Crippen molar-refractivity contribution in [2.75, 3.05) is 39.8 Å². The van der Waals surface area contributed by atoms with Crippen LogP contribution in [0.15, 0.2) is 36.7 Å². The lowest BCUT2D eigenvalue weighted by Gasteiger charge is -2.32. The molecule has 3 aromatic rings. The summed E-state index contributed by atoms with van der Waals surface area (Å²) < 4.78 is 0. The standard InChI is InChI=1S/C21H28N6/c1-26-9-11-27(12-10-26)14-16-4-6-17(7-5-16)20-13-18-19(3-2-8-22)23-15-24-21(18)25-20/h4-7,13,15H,2-3,8-12,14,22H2,1H3,(H,23,24,25). The number of hydrogen-bond acceptors (Lipinski definition) is 5. The summed E-state index contributed by atoms with van der Waals surface area (Å²) in [6.45, 7) is 6.30. The van der Waals surface area contributed by atoms with E-state index in [9.17, 15) is 0 Å². The van der Waals surface area contributed by atoms with Crippen LogP contribution in [-0.4, -0.2) is 64.5 Å². The molecule has 0 radical (unpaired) electrons. The molecule has 3 N–H and O–H groups in total. The van der Waals surface area contributed by atoms with E-state index in [0.29, 0.717) is 6.54 Å². The number of nitrogens with one attached hydrogen (secondary N) is 1. The largest absolute Gasteiger partial charge is 0.339 e. The molecule has 0 unspecified atom stereocenters. The molecule has 27 heavy (non-hydrogen) atoms. The molecule has 1 aliphatic heterocycles. The van der Waals surface area contributed by atoms with Crippen molar-refractivity contribution in [2.24, 2.45) is 5.73 Å². The zero-order valence-corrected chi connectivity index (χ0v) is 16.0. The second-order valence-electron chi connectivity index (χ2n) is 7.43. The summed E-state index contributed by atoms with van der Waals surface area (Å²) in [4.78, 5) is 17.2. The zero-order valence-electron chi connectivity index (χ0n) is 16.0. The Morgan fingerprint density at radius 3 is 2.59 bits per heavy atom. The van der Waals surface area contributed by atoms with Crippen LogP contribution in [0, 0.1) is 0 Å². The summed E-state index contributed by atoms with van der Waals surface area (Å²) in [5.74, 6) is 0. The van der Waals surface area contributed by atoms with E-state index in [1.165, 1.54) is 11.1 Å². The van der Waals surface area contributed by atoms with E-state index in [4.69, 9.17) is 5.73 Å². The molecule has 3 heterocycles. The maximum absolute atomic E-state index is 5.65. The van der Waals surface area contributed by atoms with Gasteiger partial charge in [0, 0.05) is 43.8 Å². The van der Waals surface area contributed by atoms with Crippen molar-refractivity contribution >= 4 is 11.0 Å². The minimum absolute atomic E-state index is 0.678. The van der Waals surface area contributed by atoms with Crippen molar-refractivity contribution in [1.29, 1.82) is 0 Å². The minimum atomic E-state index is 0.678. The fraction of sp³-hybridized carbons (Fsp3) is 0.429. The summed E-state index contributed by atoms with van der Waals surface area (Å²) in [5, 5.41) is 1.10. The van der Waals surface area contributed by atoms with Gasteiger partial charge in [-0.2, -0.15) is 0 Å². The van der Waals surface area contributed by atoms with E-state index >= 15 is 0 Å². The molecular weight excluding hydrogens is 336 g/mol. The van der Waals surface area contributed by atoms with E-state index in [0.717, 1.165) is 68.0 Å². The van der Waals surface area contributed by atoms with Gasteiger partial charge in [0.25, 0.3) is 0 Å². The van der Waals surface area contributed by atoms with Gasteiger partial charge >= 0.3 is 0 Å². The highest BCUT2D eigenvalue weighted by Gasteiger charge is 2.14. The van der Waals surface area contributed by atoms with Crippen LogP contribution in [0.2, 0.25) is 0 Å². The van der Waals surface area contributed by atoms with E-state index in [-0.39, 0.29) is 0 Å². The van der Waals surface area contributed by atoms with E-state index in [2.05, 4.69) is 62.1 Å². The Kier molecular flexibility index (Phi) is 5.48. The average Bonchev–Trinajstić information content (AvgIpc) is 3.13. The number of aromatic amines is 1. The molecule has 4 rings (SSSR count).